The maximum atomic E-state index is 6.24. The van der Waals surface area contributed by atoms with Gasteiger partial charge in [0.05, 0.1) is 30.5 Å². The Kier molecular flexibility index (Phi) is 9.59. The Hall–Kier alpha value is -4.61. The third kappa shape index (κ3) is 6.95. The molecule has 6 heteroatoms. The molecular formula is C43H39IrN3OSi-2. The monoisotopic (exact) mass is 834 g/mol. The minimum absolute atomic E-state index is 0. The molecule has 247 valence electrons. The molecule has 8 rings (SSSR count). The van der Waals surface area contributed by atoms with E-state index < -0.39 is 8.07 Å². The minimum Gasteiger partial charge on any atom is -0.501 e. The van der Waals surface area contributed by atoms with Gasteiger partial charge >= 0.3 is 0 Å². The van der Waals surface area contributed by atoms with Crippen LogP contribution in [0, 0.1) is 12.1 Å². The molecule has 0 atom stereocenters. The van der Waals surface area contributed by atoms with Crippen molar-refractivity contribution in [3.63, 3.8) is 0 Å². The molecule has 0 saturated heterocycles. The smallest absolute Gasteiger partial charge is 0.120 e. The van der Waals surface area contributed by atoms with Crippen LogP contribution in [0.15, 0.2) is 132 Å². The third-order valence-electron chi connectivity index (χ3n) is 8.72. The van der Waals surface area contributed by atoms with E-state index in [2.05, 4.69) is 123 Å². The van der Waals surface area contributed by atoms with Crippen LogP contribution in [0.5, 0.6) is 0 Å². The van der Waals surface area contributed by atoms with Gasteiger partial charge in [-0.25, -0.2) is 0 Å². The summed E-state index contributed by atoms with van der Waals surface area (Å²) in [5, 5.41) is 3.58. The number of hydrogen-bond donors (Lipinski definition) is 0. The fraction of sp³-hybridized carbons (Fsp3) is 0.163. The van der Waals surface area contributed by atoms with E-state index in [0.717, 1.165) is 61.3 Å². The Bertz CT molecular complexity index is 2290. The molecule has 0 amide bonds. The van der Waals surface area contributed by atoms with Gasteiger partial charge < -0.3 is 14.0 Å². The van der Waals surface area contributed by atoms with Crippen molar-refractivity contribution in [1.82, 2.24) is 14.5 Å². The van der Waals surface area contributed by atoms with Crippen molar-refractivity contribution in [3.05, 3.63) is 145 Å². The van der Waals surface area contributed by atoms with Gasteiger partial charge in [-0.1, -0.05) is 112 Å². The standard InChI is InChI=1S/C25H15N2O.C18H24NSi.Ir/c1-2-9-17(10-3-1)27-22-15-6-5-14-21(22)26-25(27)20-13-8-12-19-18-11-4-7-16-23(18)28-24(19)20;1-18(2,3)15-9-7-14(8-10-15)17-12-11-16(13-19-17)20(4,5)6;/h1-12,14-16H;7,9-13H,1-6H3;/q2*-1;. The molecule has 1 radical (unpaired) electrons. The zero-order chi connectivity index (χ0) is 33.5. The molecule has 0 aliphatic carbocycles. The van der Waals surface area contributed by atoms with Crippen LogP contribution < -0.4 is 5.19 Å². The summed E-state index contributed by atoms with van der Waals surface area (Å²) < 4.78 is 8.41. The van der Waals surface area contributed by atoms with Crippen LogP contribution in [0.25, 0.3) is 61.3 Å². The van der Waals surface area contributed by atoms with Gasteiger partial charge in [-0.2, -0.15) is 0 Å². The van der Waals surface area contributed by atoms with E-state index >= 15 is 0 Å². The summed E-state index contributed by atoms with van der Waals surface area (Å²) in [6.07, 6.45) is 2.03. The molecule has 0 bridgehead atoms. The molecule has 0 spiro atoms. The number of imidazole rings is 1. The SMILES string of the molecule is CC(C)(C)c1c[c-]c(-c2ccc([Si](C)(C)C)cn2)cc1.[Ir].[c-]1ccc2c(oc3ccccc32)c1-c1nc2ccccc2n1-c1ccccc1. The predicted octanol–water partition coefficient (Wildman–Crippen LogP) is 10.8. The van der Waals surface area contributed by atoms with Gasteiger partial charge in [0.15, 0.2) is 0 Å². The first-order valence-electron chi connectivity index (χ1n) is 16.4. The number of aromatic nitrogens is 3. The zero-order valence-corrected chi connectivity index (χ0v) is 32.1. The van der Waals surface area contributed by atoms with Crippen molar-refractivity contribution in [2.45, 2.75) is 45.8 Å². The van der Waals surface area contributed by atoms with Gasteiger partial charge in [0.1, 0.15) is 5.58 Å². The average Bonchev–Trinajstić information content (AvgIpc) is 3.67. The molecule has 0 aliphatic heterocycles. The quantitative estimate of drug-likeness (QED) is 0.131. The summed E-state index contributed by atoms with van der Waals surface area (Å²) in [5.41, 5.74) is 9.18. The minimum atomic E-state index is -1.26. The maximum Gasteiger partial charge on any atom is 0.120 e. The molecule has 49 heavy (non-hydrogen) atoms. The van der Waals surface area contributed by atoms with Crippen LogP contribution in [-0.4, -0.2) is 22.6 Å². The van der Waals surface area contributed by atoms with Crippen molar-refractivity contribution in [3.8, 4) is 28.3 Å². The number of para-hydroxylation sites is 4. The van der Waals surface area contributed by atoms with Gasteiger partial charge in [0.2, 0.25) is 0 Å². The molecule has 8 aromatic rings. The second kappa shape index (κ2) is 13.7. The first-order chi connectivity index (χ1) is 23.1. The number of nitrogens with zero attached hydrogens (tertiary/aromatic N) is 3. The molecule has 0 fully saturated rings. The van der Waals surface area contributed by atoms with Gasteiger partial charge in [0, 0.05) is 37.4 Å². The molecule has 0 N–H and O–H groups in total. The fourth-order valence-electron chi connectivity index (χ4n) is 5.94. The van der Waals surface area contributed by atoms with Gasteiger partial charge in [0.25, 0.3) is 0 Å². The summed E-state index contributed by atoms with van der Waals surface area (Å²) in [5.74, 6) is 0.831. The van der Waals surface area contributed by atoms with Crippen LogP contribution in [0.4, 0.5) is 0 Å². The van der Waals surface area contributed by atoms with Crippen molar-refractivity contribution in [1.29, 1.82) is 0 Å². The molecular weight excluding hydrogens is 795 g/mol. The van der Waals surface area contributed by atoms with Gasteiger partial charge in [-0.15, -0.1) is 53.6 Å². The van der Waals surface area contributed by atoms with E-state index in [1.165, 1.54) is 10.8 Å². The molecule has 3 heterocycles. The summed E-state index contributed by atoms with van der Waals surface area (Å²) >= 11 is 0. The largest absolute Gasteiger partial charge is 0.501 e. The second-order valence-electron chi connectivity index (χ2n) is 14.2. The first-order valence-corrected chi connectivity index (χ1v) is 19.9. The molecule has 4 nitrogen and oxygen atoms in total. The van der Waals surface area contributed by atoms with E-state index in [-0.39, 0.29) is 25.5 Å². The summed E-state index contributed by atoms with van der Waals surface area (Å²) in [7, 11) is -1.26. The van der Waals surface area contributed by atoms with Crippen molar-refractivity contribution >= 4 is 46.2 Å². The van der Waals surface area contributed by atoms with Crippen molar-refractivity contribution < 1.29 is 24.5 Å². The van der Waals surface area contributed by atoms with Gasteiger partial charge in [-0.05, 0) is 46.6 Å². The summed E-state index contributed by atoms with van der Waals surface area (Å²) in [6, 6.07) is 48.1. The number of rotatable bonds is 4. The molecule has 0 saturated carbocycles. The number of fused-ring (bicyclic) bond motifs is 4. The van der Waals surface area contributed by atoms with Crippen LogP contribution in [0.2, 0.25) is 19.6 Å². The predicted molar refractivity (Wildman–Crippen MR) is 203 cm³/mol. The molecule has 3 aromatic heterocycles. The Labute approximate surface area is 303 Å². The topological polar surface area (TPSA) is 43.9 Å². The first kappa shape index (κ1) is 34.3. The van der Waals surface area contributed by atoms with Gasteiger partial charge in [-0.3, -0.25) is 4.98 Å². The van der Waals surface area contributed by atoms with E-state index in [9.17, 15) is 0 Å². The van der Waals surface area contributed by atoms with Crippen LogP contribution in [-0.2, 0) is 25.5 Å². The molecule has 0 unspecified atom stereocenters. The van der Waals surface area contributed by atoms with Crippen molar-refractivity contribution in [2.75, 3.05) is 0 Å². The Balaban J connectivity index is 0.000000177. The summed E-state index contributed by atoms with van der Waals surface area (Å²) in [6.45, 7) is 13.7. The number of benzene rings is 5. The fourth-order valence-corrected chi connectivity index (χ4v) is 6.97. The number of hydrogen-bond acceptors (Lipinski definition) is 3. The van der Waals surface area contributed by atoms with Crippen molar-refractivity contribution in [2.24, 2.45) is 0 Å². The molecule has 5 aromatic carbocycles. The number of pyridine rings is 1. The zero-order valence-electron chi connectivity index (χ0n) is 28.7. The van der Waals surface area contributed by atoms with E-state index in [1.54, 1.807) is 0 Å². The van der Waals surface area contributed by atoms with E-state index in [4.69, 9.17) is 9.40 Å². The van der Waals surface area contributed by atoms with Crippen LogP contribution in [0.1, 0.15) is 26.3 Å². The number of furan rings is 1. The Morgan fingerprint density at radius 2 is 1.47 bits per heavy atom. The van der Waals surface area contributed by atoms with Crippen LogP contribution >= 0.6 is 0 Å². The third-order valence-corrected chi connectivity index (χ3v) is 10.7. The maximum absolute atomic E-state index is 6.24. The van der Waals surface area contributed by atoms with E-state index in [0.29, 0.717) is 0 Å². The van der Waals surface area contributed by atoms with Crippen LogP contribution in [0.3, 0.4) is 0 Å². The Morgan fingerprint density at radius 3 is 2.16 bits per heavy atom. The van der Waals surface area contributed by atoms with E-state index in [1.807, 2.05) is 66.9 Å². The average molecular weight is 834 g/mol. The summed E-state index contributed by atoms with van der Waals surface area (Å²) in [4.78, 5) is 9.56. The second-order valence-corrected chi connectivity index (χ2v) is 19.3. The molecule has 0 aliphatic rings. The Morgan fingerprint density at radius 1 is 0.735 bits per heavy atom. The normalized spacial score (nSPS) is 11.7.